The van der Waals surface area contributed by atoms with E-state index in [1.165, 1.54) is 0 Å². The number of hydrogen-bond donors (Lipinski definition) is 0. The van der Waals surface area contributed by atoms with E-state index in [-0.39, 0.29) is 5.78 Å². The zero-order valence-electron chi connectivity index (χ0n) is 9.03. The number of Topliss-reactive ketones (excluding diaryl/α,β-unsaturated/α-hetero) is 1. The number of para-hydroxylation sites is 1. The topological polar surface area (TPSA) is 20.9 Å². The van der Waals surface area contributed by atoms with Crippen LogP contribution in [0, 0.1) is 0 Å². The molecule has 0 radical (unpaired) electrons. The fourth-order valence-electron chi connectivity index (χ4n) is 1.89. The molecule has 0 N–H and O–H groups in total. The summed E-state index contributed by atoms with van der Waals surface area (Å²) in [5.41, 5.74) is 1.84. The molecular weight excluding hydrogens is 186 g/mol. The summed E-state index contributed by atoms with van der Waals surface area (Å²) < 4.78 is 2.10. The number of nitrogens with zero attached hydrogens (tertiary/aromatic N) is 1. The summed E-state index contributed by atoms with van der Waals surface area (Å²) in [7, 11) is 0. The summed E-state index contributed by atoms with van der Waals surface area (Å²) >= 11 is 0. The predicted molar refractivity (Wildman–Crippen MR) is 59.8 cm³/mol. The molecule has 2 heteroatoms. The van der Waals surface area contributed by atoms with Crippen LogP contribution in [0.3, 0.4) is 0 Å². The quantitative estimate of drug-likeness (QED) is 0.538. The lowest BCUT2D eigenvalue weighted by atomic mass is 10.1. The highest BCUT2D eigenvalue weighted by Crippen LogP contribution is 2.15. The van der Waals surface area contributed by atoms with Crippen molar-refractivity contribution in [2.24, 2.45) is 0 Å². The SMILES string of the molecule is CC[n+]1cccc2cccc(C(C)=O)c21. The minimum atomic E-state index is 0.119. The van der Waals surface area contributed by atoms with Crippen LogP contribution < -0.4 is 4.57 Å². The second-order valence-electron chi connectivity index (χ2n) is 3.59. The van der Waals surface area contributed by atoms with E-state index in [1.54, 1.807) is 6.92 Å². The van der Waals surface area contributed by atoms with Crippen LogP contribution in [0.4, 0.5) is 0 Å². The van der Waals surface area contributed by atoms with Gasteiger partial charge in [-0.2, -0.15) is 4.57 Å². The van der Waals surface area contributed by atoms with Crippen LogP contribution in [-0.2, 0) is 6.54 Å². The Labute approximate surface area is 89.2 Å². The van der Waals surface area contributed by atoms with Crippen molar-refractivity contribution in [3.05, 3.63) is 42.1 Å². The van der Waals surface area contributed by atoms with Crippen molar-refractivity contribution >= 4 is 16.7 Å². The molecule has 0 aliphatic heterocycles. The molecule has 1 aromatic heterocycles. The van der Waals surface area contributed by atoms with E-state index < -0.39 is 0 Å². The summed E-state index contributed by atoms with van der Waals surface area (Å²) in [4.78, 5) is 11.5. The Morgan fingerprint density at radius 3 is 2.67 bits per heavy atom. The van der Waals surface area contributed by atoms with Gasteiger partial charge in [-0.25, -0.2) is 0 Å². The second kappa shape index (κ2) is 3.81. The van der Waals surface area contributed by atoms with Gasteiger partial charge in [0.2, 0.25) is 5.52 Å². The third kappa shape index (κ3) is 1.63. The van der Waals surface area contributed by atoms with Crippen molar-refractivity contribution in [3.8, 4) is 0 Å². The van der Waals surface area contributed by atoms with Gasteiger partial charge in [-0.3, -0.25) is 4.79 Å². The normalized spacial score (nSPS) is 10.5. The average Bonchev–Trinajstić information content (AvgIpc) is 2.27. The number of aromatic nitrogens is 1. The highest BCUT2D eigenvalue weighted by molar-refractivity contribution is 6.04. The van der Waals surface area contributed by atoms with Crippen LogP contribution in [0.25, 0.3) is 10.9 Å². The molecule has 15 heavy (non-hydrogen) atoms. The molecule has 0 spiro atoms. The monoisotopic (exact) mass is 200 g/mol. The number of pyridine rings is 1. The van der Waals surface area contributed by atoms with Crippen molar-refractivity contribution in [2.45, 2.75) is 20.4 Å². The van der Waals surface area contributed by atoms with Gasteiger partial charge in [-0.1, -0.05) is 6.07 Å². The molecule has 0 saturated carbocycles. The Morgan fingerprint density at radius 2 is 2.00 bits per heavy atom. The summed E-state index contributed by atoms with van der Waals surface area (Å²) in [6.45, 7) is 4.57. The second-order valence-corrected chi connectivity index (χ2v) is 3.59. The lowest BCUT2D eigenvalue weighted by Crippen LogP contribution is -2.33. The number of ketones is 1. The maximum Gasteiger partial charge on any atom is 0.223 e. The fraction of sp³-hybridized carbons (Fsp3) is 0.231. The number of carbonyl (C=O) groups excluding carboxylic acids is 1. The molecule has 0 bridgehead atoms. The first-order valence-electron chi connectivity index (χ1n) is 5.16. The molecule has 0 atom stereocenters. The van der Waals surface area contributed by atoms with Gasteiger partial charge < -0.3 is 0 Å². The Balaban J connectivity index is 2.87. The van der Waals surface area contributed by atoms with Crippen molar-refractivity contribution in [1.82, 2.24) is 0 Å². The first-order chi connectivity index (χ1) is 7.24. The molecule has 0 unspecified atom stereocenters. The van der Waals surface area contributed by atoms with E-state index in [4.69, 9.17) is 0 Å². The lowest BCUT2D eigenvalue weighted by Gasteiger charge is -2.02. The van der Waals surface area contributed by atoms with Gasteiger partial charge >= 0.3 is 0 Å². The van der Waals surface area contributed by atoms with Gasteiger partial charge in [0.1, 0.15) is 6.54 Å². The van der Waals surface area contributed by atoms with E-state index >= 15 is 0 Å². The van der Waals surface area contributed by atoms with Crippen molar-refractivity contribution in [3.63, 3.8) is 0 Å². The molecule has 2 aromatic rings. The van der Waals surface area contributed by atoms with Crippen LogP contribution in [0.1, 0.15) is 24.2 Å². The van der Waals surface area contributed by atoms with Crippen molar-refractivity contribution < 1.29 is 9.36 Å². The molecule has 1 heterocycles. The molecule has 1 aromatic carbocycles. The minimum absolute atomic E-state index is 0.119. The first kappa shape index (κ1) is 9.84. The summed E-state index contributed by atoms with van der Waals surface area (Å²) in [6.07, 6.45) is 2.01. The van der Waals surface area contributed by atoms with Crippen LogP contribution in [0.5, 0.6) is 0 Å². The van der Waals surface area contributed by atoms with E-state index in [1.807, 2.05) is 36.5 Å². The number of aryl methyl sites for hydroxylation is 1. The Morgan fingerprint density at radius 1 is 1.27 bits per heavy atom. The maximum atomic E-state index is 11.5. The van der Waals surface area contributed by atoms with E-state index in [9.17, 15) is 4.79 Å². The van der Waals surface area contributed by atoms with E-state index in [0.717, 1.165) is 23.0 Å². The zero-order valence-corrected chi connectivity index (χ0v) is 9.03. The largest absolute Gasteiger partial charge is 0.294 e. The molecule has 0 aliphatic rings. The number of fused-ring (bicyclic) bond motifs is 1. The van der Waals surface area contributed by atoms with Gasteiger partial charge in [0.05, 0.1) is 5.56 Å². The molecule has 0 amide bonds. The predicted octanol–water partition coefficient (Wildman–Crippen LogP) is 2.35. The van der Waals surface area contributed by atoms with E-state index in [2.05, 4.69) is 11.5 Å². The minimum Gasteiger partial charge on any atom is -0.294 e. The molecule has 0 saturated heterocycles. The van der Waals surface area contributed by atoms with Gasteiger partial charge in [0.15, 0.2) is 12.0 Å². The fourth-order valence-corrected chi connectivity index (χ4v) is 1.89. The van der Waals surface area contributed by atoms with Gasteiger partial charge in [0.25, 0.3) is 0 Å². The van der Waals surface area contributed by atoms with Crippen molar-refractivity contribution in [2.75, 3.05) is 0 Å². The van der Waals surface area contributed by atoms with Gasteiger partial charge in [-0.15, -0.1) is 0 Å². The summed E-state index contributed by atoms with van der Waals surface area (Å²) in [6, 6.07) is 9.90. The summed E-state index contributed by atoms with van der Waals surface area (Å²) in [5, 5.41) is 1.12. The van der Waals surface area contributed by atoms with Crippen LogP contribution in [0.15, 0.2) is 36.5 Å². The maximum absolute atomic E-state index is 11.5. The first-order valence-corrected chi connectivity index (χ1v) is 5.16. The molecule has 2 rings (SSSR count). The van der Waals surface area contributed by atoms with Crippen LogP contribution >= 0.6 is 0 Å². The highest BCUT2D eigenvalue weighted by Gasteiger charge is 2.14. The number of benzene rings is 1. The lowest BCUT2D eigenvalue weighted by molar-refractivity contribution is -0.667. The van der Waals surface area contributed by atoms with Gasteiger partial charge in [-0.05, 0) is 32.0 Å². The molecular formula is C13H14NO+. The number of carbonyl (C=O) groups is 1. The highest BCUT2D eigenvalue weighted by atomic mass is 16.1. The smallest absolute Gasteiger partial charge is 0.223 e. The number of hydrogen-bond acceptors (Lipinski definition) is 1. The Bertz CT molecular complexity index is 512. The summed E-state index contributed by atoms with van der Waals surface area (Å²) in [5.74, 6) is 0.119. The Hall–Kier alpha value is -1.70. The third-order valence-electron chi connectivity index (χ3n) is 2.62. The van der Waals surface area contributed by atoms with Crippen LogP contribution in [-0.4, -0.2) is 5.78 Å². The van der Waals surface area contributed by atoms with Gasteiger partial charge in [0, 0.05) is 11.5 Å². The van der Waals surface area contributed by atoms with Crippen LogP contribution in [0.2, 0.25) is 0 Å². The molecule has 2 nitrogen and oxygen atoms in total. The standard InChI is InChI=1S/C13H14NO/c1-3-14-9-5-7-11-6-4-8-12(10(2)15)13(11)14/h4-9H,3H2,1-2H3/q+1. The third-order valence-corrected chi connectivity index (χ3v) is 2.62. The molecule has 0 fully saturated rings. The Kier molecular flexibility index (Phi) is 2.50. The average molecular weight is 200 g/mol. The molecule has 0 aliphatic carbocycles. The van der Waals surface area contributed by atoms with E-state index in [0.29, 0.717) is 0 Å². The number of rotatable bonds is 2. The zero-order chi connectivity index (χ0) is 10.8. The molecule has 76 valence electrons. The van der Waals surface area contributed by atoms with Crippen molar-refractivity contribution in [1.29, 1.82) is 0 Å².